The summed E-state index contributed by atoms with van der Waals surface area (Å²) in [5, 5.41) is 0. The van der Waals surface area contributed by atoms with Gasteiger partial charge < -0.3 is 9.15 Å². The predicted molar refractivity (Wildman–Crippen MR) is 51.3 cm³/mol. The number of rotatable bonds is 1. The zero-order valence-electron chi connectivity index (χ0n) is 8.03. The minimum Gasteiger partial charge on any atom is -0.462 e. The Balaban J connectivity index is 2.31. The van der Waals surface area contributed by atoms with Crippen LogP contribution in [0, 0.1) is 6.92 Å². The first-order chi connectivity index (χ1) is 6.65. The lowest BCUT2D eigenvalue weighted by atomic mass is 10.2. The first kappa shape index (κ1) is 8.81. The average Bonchev–Trinajstić information content (AvgIpc) is 2.61. The lowest BCUT2D eigenvalue weighted by Crippen LogP contribution is -1.95. The fraction of sp³-hybridized carbons (Fsp3) is 0.182. The Morgan fingerprint density at radius 2 is 2.07 bits per heavy atom. The second kappa shape index (κ2) is 3.18. The lowest BCUT2D eigenvalue weighted by Gasteiger charge is -1.91. The Hall–Kier alpha value is -1.77. The number of cyclic esters (lactones) is 1. The molecular weight excluding hydrogens is 180 g/mol. The molecule has 2 heterocycles. The summed E-state index contributed by atoms with van der Waals surface area (Å²) in [5.41, 5.74) is 0.525. The topological polar surface area (TPSA) is 39.4 Å². The van der Waals surface area contributed by atoms with Gasteiger partial charge in [0.2, 0.25) is 0 Å². The van der Waals surface area contributed by atoms with Crippen LogP contribution in [0.25, 0.3) is 6.08 Å². The summed E-state index contributed by atoms with van der Waals surface area (Å²) in [7, 11) is 0. The maximum absolute atomic E-state index is 11.2. The summed E-state index contributed by atoms with van der Waals surface area (Å²) < 4.78 is 10.2. The second-order valence-corrected chi connectivity index (χ2v) is 3.19. The van der Waals surface area contributed by atoms with Crippen LogP contribution >= 0.6 is 0 Å². The zero-order valence-corrected chi connectivity index (χ0v) is 8.03. The van der Waals surface area contributed by atoms with Crippen LogP contribution in [0.15, 0.2) is 34.0 Å². The molecular formula is C11H10O3. The lowest BCUT2D eigenvalue weighted by molar-refractivity contribution is -0.133. The zero-order chi connectivity index (χ0) is 10.1. The number of allylic oxidation sites excluding steroid dienone is 1. The third-order valence-electron chi connectivity index (χ3n) is 1.91. The number of ether oxygens (including phenoxy) is 1. The molecule has 0 aromatic carbocycles. The molecule has 72 valence electrons. The van der Waals surface area contributed by atoms with Gasteiger partial charge in [-0.15, -0.1) is 0 Å². The van der Waals surface area contributed by atoms with Gasteiger partial charge in [-0.1, -0.05) is 0 Å². The molecule has 0 saturated heterocycles. The number of esters is 1. The van der Waals surface area contributed by atoms with Crippen molar-refractivity contribution in [3.8, 4) is 0 Å². The molecule has 2 rings (SSSR count). The summed E-state index contributed by atoms with van der Waals surface area (Å²) in [6, 6.07) is 3.67. The number of hydrogen-bond donors (Lipinski definition) is 0. The van der Waals surface area contributed by atoms with Crippen molar-refractivity contribution < 1.29 is 13.9 Å². The minimum atomic E-state index is -0.323. The van der Waals surface area contributed by atoms with E-state index in [1.165, 1.54) is 0 Å². The highest BCUT2D eigenvalue weighted by Crippen LogP contribution is 2.20. The van der Waals surface area contributed by atoms with Crippen molar-refractivity contribution in [2.75, 3.05) is 0 Å². The highest BCUT2D eigenvalue weighted by atomic mass is 16.5. The molecule has 1 aromatic heterocycles. The van der Waals surface area contributed by atoms with Crippen LogP contribution in [0.3, 0.4) is 0 Å². The van der Waals surface area contributed by atoms with Gasteiger partial charge in [0.25, 0.3) is 0 Å². The summed E-state index contributed by atoms with van der Waals surface area (Å²) in [4.78, 5) is 11.2. The van der Waals surface area contributed by atoms with Crippen LogP contribution in [0.4, 0.5) is 0 Å². The molecule has 0 atom stereocenters. The predicted octanol–water partition coefficient (Wildman–Crippen LogP) is 2.43. The van der Waals surface area contributed by atoms with Gasteiger partial charge in [0, 0.05) is 0 Å². The smallest absolute Gasteiger partial charge is 0.343 e. The van der Waals surface area contributed by atoms with E-state index >= 15 is 0 Å². The first-order valence-electron chi connectivity index (χ1n) is 4.34. The van der Waals surface area contributed by atoms with E-state index in [4.69, 9.17) is 9.15 Å². The summed E-state index contributed by atoms with van der Waals surface area (Å²) in [5.74, 6) is 1.78. The molecule has 0 aliphatic carbocycles. The summed E-state index contributed by atoms with van der Waals surface area (Å²) in [6.07, 6.45) is 3.37. The second-order valence-electron chi connectivity index (χ2n) is 3.19. The molecule has 0 saturated carbocycles. The molecule has 3 nitrogen and oxygen atoms in total. The van der Waals surface area contributed by atoms with E-state index in [0.717, 1.165) is 5.76 Å². The molecule has 0 amide bonds. The maximum atomic E-state index is 11.2. The highest BCUT2D eigenvalue weighted by molar-refractivity contribution is 5.99. The summed E-state index contributed by atoms with van der Waals surface area (Å²) in [6.45, 7) is 3.60. The molecule has 0 unspecified atom stereocenters. The first-order valence-corrected chi connectivity index (χ1v) is 4.34. The maximum Gasteiger partial charge on any atom is 0.343 e. The fourth-order valence-corrected chi connectivity index (χ4v) is 1.30. The van der Waals surface area contributed by atoms with E-state index in [2.05, 4.69) is 0 Å². The van der Waals surface area contributed by atoms with Gasteiger partial charge >= 0.3 is 5.97 Å². The molecule has 1 aliphatic rings. The Labute approximate surface area is 81.7 Å². The largest absolute Gasteiger partial charge is 0.462 e. The molecule has 0 bridgehead atoms. The van der Waals surface area contributed by atoms with E-state index in [-0.39, 0.29) is 5.97 Å². The molecule has 0 N–H and O–H groups in total. The van der Waals surface area contributed by atoms with Gasteiger partial charge in [0.15, 0.2) is 0 Å². The van der Waals surface area contributed by atoms with Crippen LogP contribution < -0.4 is 0 Å². The third-order valence-corrected chi connectivity index (χ3v) is 1.91. The van der Waals surface area contributed by atoms with Gasteiger partial charge in [0.1, 0.15) is 17.3 Å². The van der Waals surface area contributed by atoms with Crippen LogP contribution in [-0.4, -0.2) is 5.97 Å². The van der Waals surface area contributed by atoms with Crippen molar-refractivity contribution in [3.05, 3.63) is 41.1 Å². The van der Waals surface area contributed by atoms with E-state index in [0.29, 0.717) is 17.1 Å². The average molecular weight is 190 g/mol. The highest BCUT2D eigenvalue weighted by Gasteiger charge is 2.17. The van der Waals surface area contributed by atoms with E-state index in [1.54, 1.807) is 19.1 Å². The number of aryl methyl sites for hydroxylation is 1. The minimum absolute atomic E-state index is 0.323. The van der Waals surface area contributed by atoms with Gasteiger partial charge in [-0.3, -0.25) is 0 Å². The quantitative estimate of drug-likeness (QED) is 0.504. The summed E-state index contributed by atoms with van der Waals surface area (Å²) >= 11 is 0. The number of carbonyl (C=O) groups excluding carboxylic acids is 1. The monoisotopic (exact) mass is 190 g/mol. The van der Waals surface area contributed by atoms with Crippen molar-refractivity contribution in [2.24, 2.45) is 0 Å². The number of hydrogen-bond acceptors (Lipinski definition) is 3. The Kier molecular flexibility index (Phi) is 2.00. The Bertz CT molecular complexity index is 435. The molecule has 0 spiro atoms. The molecule has 1 aliphatic heterocycles. The molecule has 0 fully saturated rings. The van der Waals surface area contributed by atoms with Crippen molar-refractivity contribution in [1.29, 1.82) is 0 Å². The van der Waals surface area contributed by atoms with Crippen LogP contribution in [-0.2, 0) is 9.53 Å². The molecule has 14 heavy (non-hydrogen) atoms. The van der Waals surface area contributed by atoms with E-state index in [9.17, 15) is 4.79 Å². The Morgan fingerprint density at radius 3 is 2.57 bits per heavy atom. The van der Waals surface area contributed by atoms with Gasteiger partial charge in [-0.05, 0) is 38.1 Å². The van der Waals surface area contributed by atoms with Crippen LogP contribution in [0.5, 0.6) is 0 Å². The van der Waals surface area contributed by atoms with Crippen LogP contribution in [0.1, 0.15) is 18.4 Å². The number of carbonyl (C=O) groups is 1. The van der Waals surface area contributed by atoms with Crippen molar-refractivity contribution in [2.45, 2.75) is 13.8 Å². The third kappa shape index (κ3) is 1.62. The normalized spacial score (nSPS) is 18.6. The van der Waals surface area contributed by atoms with E-state index in [1.807, 2.05) is 19.1 Å². The molecule has 1 aromatic rings. The van der Waals surface area contributed by atoms with Crippen molar-refractivity contribution >= 4 is 12.0 Å². The van der Waals surface area contributed by atoms with E-state index < -0.39 is 0 Å². The van der Waals surface area contributed by atoms with Crippen molar-refractivity contribution in [1.82, 2.24) is 0 Å². The SMILES string of the molecule is CC1=CC(=Cc2ccc(C)o2)C(=O)O1. The van der Waals surface area contributed by atoms with Gasteiger partial charge in [-0.2, -0.15) is 0 Å². The van der Waals surface area contributed by atoms with Crippen molar-refractivity contribution in [3.63, 3.8) is 0 Å². The van der Waals surface area contributed by atoms with Crippen LogP contribution in [0.2, 0.25) is 0 Å². The number of furan rings is 1. The standard InChI is InChI=1S/C11H10O3/c1-7-3-4-10(13-7)6-9-5-8(2)14-11(9)12/h3-6H,1-2H3. The van der Waals surface area contributed by atoms with Gasteiger partial charge in [0.05, 0.1) is 5.57 Å². The molecule has 0 radical (unpaired) electrons. The van der Waals surface area contributed by atoms with Gasteiger partial charge in [-0.25, -0.2) is 4.79 Å². The fourth-order valence-electron chi connectivity index (χ4n) is 1.30. The Morgan fingerprint density at radius 1 is 1.29 bits per heavy atom. The molecule has 3 heteroatoms.